The molecule has 1 aromatic rings. The van der Waals surface area contributed by atoms with Crippen LogP contribution in [0.15, 0.2) is 12.1 Å². The molecule has 3 nitrogen and oxygen atoms in total. The number of phenols is 1. The van der Waals surface area contributed by atoms with Crippen LogP contribution in [0.25, 0.3) is 0 Å². The molecule has 0 aliphatic rings. The van der Waals surface area contributed by atoms with Crippen molar-refractivity contribution < 1.29 is 10.2 Å². The number of halogens is 1. The first-order valence-electron chi connectivity index (χ1n) is 3.94. The third-order valence-corrected chi connectivity index (χ3v) is 2.33. The second kappa shape index (κ2) is 3.96. The number of phenolic OH excluding ortho intramolecular Hbond substituents is 1. The Morgan fingerprint density at radius 3 is 2.69 bits per heavy atom. The molecule has 1 atom stereocenters. The summed E-state index contributed by atoms with van der Waals surface area (Å²) in [6, 6.07) is 3.35. The average molecular weight is 202 g/mol. The zero-order valence-electron chi connectivity index (χ0n) is 7.29. The summed E-state index contributed by atoms with van der Waals surface area (Å²) in [4.78, 5) is 0. The van der Waals surface area contributed by atoms with Gasteiger partial charge in [-0.1, -0.05) is 23.7 Å². The maximum absolute atomic E-state index is 9.45. The van der Waals surface area contributed by atoms with Crippen molar-refractivity contribution in [2.75, 3.05) is 6.54 Å². The van der Waals surface area contributed by atoms with Crippen LogP contribution >= 0.6 is 11.6 Å². The van der Waals surface area contributed by atoms with Gasteiger partial charge in [-0.05, 0) is 12.5 Å². The summed E-state index contributed by atoms with van der Waals surface area (Å²) in [6.07, 6.45) is -0.820. The first-order valence-corrected chi connectivity index (χ1v) is 4.31. The number of benzene rings is 1. The van der Waals surface area contributed by atoms with E-state index in [4.69, 9.17) is 17.3 Å². The zero-order valence-corrected chi connectivity index (χ0v) is 8.04. The van der Waals surface area contributed by atoms with E-state index in [9.17, 15) is 10.2 Å². The summed E-state index contributed by atoms with van der Waals surface area (Å²) >= 11 is 5.81. The number of hydrogen-bond donors (Lipinski definition) is 3. The molecule has 0 bridgehead atoms. The number of rotatable bonds is 2. The summed E-state index contributed by atoms with van der Waals surface area (Å²) in [5, 5.41) is 19.0. The second-order valence-electron chi connectivity index (χ2n) is 2.89. The largest absolute Gasteiger partial charge is 0.506 e. The molecule has 0 radical (unpaired) electrons. The molecule has 72 valence electrons. The summed E-state index contributed by atoms with van der Waals surface area (Å²) < 4.78 is 0. The van der Waals surface area contributed by atoms with Crippen molar-refractivity contribution >= 4 is 11.6 Å². The molecule has 0 spiro atoms. The van der Waals surface area contributed by atoms with Gasteiger partial charge in [0, 0.05) is 12.1 Å². The van der Waals surface area contributed by atoms with Gasteiger partial charge in [0.1, 0.15) is 5.75 Å². The SMILES string of the molecule is Cc1ccc(C(O)CN)c(Cl)c1O. The number of aromatic hydroxyl groups is 1. The van der Waals surface area contributed by atoms with E-state index in [-0.39, 0.29) is 17.3 Å². The summed E-state index contributed by atoms with van der Waals surface area (Å²) in [7, 11) is 0. The van der Waals surface area contributed by atoms with Crippen LogP contribution in [0.5, 0.6) is 5.75 Å². The van der Waals surface area contributed by atoms with Crippen LogP contribution in [0.4, 0.5) is 0 Å². The van der Waals surface area contributed by atoms with Crippen LogP contribution in [0.3, 0.4) is 0 Å². The molecule has 1 rings (SSSR count). The smallest absolute Gasteiger partial charge is 0.137 e. The summed E-state index contributed by atoms with van der Waals surface area (Å²) in [5.74, 6) is 0.00617. The lowest BCUT2D eigenvalue weighted by molar-refractivity contribution is 0.186. The first-order chi connectivity index (χ1) is 6.07. The third-order valence-electron chi connectivity index (χ3n) is 1.93. The Labute approximate surface area is 81.8 Å². The summed E-state index contributed by atoms with van der Waals surface area (Å²) in [5.41, 5.74) is 6.41. The Kier molecular flexibility index (Phi) is 3.14. The molecular weight excluding hydrogens is 190 g/mol. The fourth-order valence-corrected chi connectivity index (χ4v) is 1.40. The van der Waals surface area contributed by atoms with Gasteiger partial charge in [0.15, 0.2) is 0 Å². The van der Waals surface area contributed by atoms with Gasteiger partial charge in [-0.2, -0.15) is 0 Å². The van der Waals surface area contributed by atoms with E-state index in [0.29, 0.717) is 11.1 Å². The predicted octanol–water partition coefficient (Wildman–Crippen LogP) is 1.35. The fraction of sp³-hybridized carbons (Fsp3) is 0.333. The van der Waals surface area contributed by atoms with Crippen LogP contribution in [0.1, 0.15) is 17.2 Å². The van der Waals surface area contributed by atoms with Crippen molar-refractivity contribution in [3.63, 3.8) is 0 Å². The van der Waals surface area contributed by atoms with Gasteiger partial charge in [0.2, 0.25) is 0 Å². The molecule has 0 aromatic heterocycles. The van der Waals surface area contributed by atoms with E-state index in [1.807, 2.05) is 0 Å². The van der Waals surface area contributed by atoms with Crippen LogP contribution in [0, 0.1) is 6.92 Å². The minimum absolute atomic E-state index is 0.00617. The molecule has 0 amide bonds. The molecule has 0 fully saturated rings. The van der Waals surface area contributed by atoms with E-state index in [1.165, 1.54) is 0 Å². The summed E-state index contributed by atoms with van der Waals surface area (Å²) in [6.45, 7) is 1.82. The van der Waals surface area contributed by atoms with Gasteiger partial charge >= 0.3 is 0 Å². The lowest BCUT2D eigenvalue weighted by Crippen LogP contribution is -2.12. The van der Waals surface area contributed by atoms with Crippen LogP contribution < -0.4 is 5.73 Å². The molecule has 0 aliphatic heterocycles. The van der Waals surface area contributed by atoms with Crippen molar-refractivity contribution in [1.29, 1.82) is 0 Å². The van der Waals surface area contributed by atoms with E-state index in [0.717, 1.165) is 0 Å². The quantitative estimate of drug-likeness (QED) is 0.677. The highest BCUT2D eigenvalue weighted by atomic mass is 35.5. The normalized spacial score (nSPS) is 12.9. The monoisotopic (exact) mass is 201 g/mol. The Bertz CT molecular complexity index is 315. The highest BCUT2D eigenvalue weighted by Gasteiger charge is 2.13. The molecule has 0 aliphatic carbocycles. The molecule has 4 heteroatoms. The van der Waals surface area contributed by atoms with Crippen LogP contribution in [0.2, 0.25) is 5.02 Å². The fourth-order valence-electron chi connectivity index (χ4n) is 1.06. The number of aliphatic hydroxyl groups is 1. The molecule has 1 aromatic carbocycles. The van der Waals surface area contributed by atoms with Crippen LogP contribution in [-0.4, -0.2) is 16.8 Å². The lowest BCUT2D eigenvalue weighted by Gasteiger charge is -2.12. The highest BCUT2D eigenvalue weighted by molar-refractivity contribution is 6.33. The number of aryl methyl sites for hydroxylation is 1. The standard InChI is InChI=1S/C9H12ClNO2/c1-5-2-3-6(7(12)4-11)8(10)9(5)13/h2-3,7,12-13H,4,11H2,1H3. The van der Waals surface area contributed by atoms with E-state index >= 15 is 0 Å². The second-order valence-corrected chi connectivity index (χ2v) is 3.26. The Hall–Kier alpha value is -0.770. The molecular formula is C9H12ClNO2. The van der Waals surface area contributed by atoms with Gasteiger partial charge in [-0.3, -0.25) is 0 Å². The maximum atomic E-state index is 9.45. The Morgan fingerprint density at radius 1 is 1.54 bits per heavy atom. The van der Waals surface area contributed by atoms with Gasteiger partial charge in [-0.25, -0.2) is 0 Å². The van der Waals surface area contributed by atoms with Crippen molar-refractivity contribution in [3.8, 4) is 5.75 Å². The maximum Gasteiger partial charge on any atom is 0.137 e. The number of nitrogens with two attached hydrogens (primary N) is 1. The van der Waals surface area contributed by atoms with Crippen molar-refractivity contribution in [2.24, 2.45) is 5.73 Å². The van der Waals surface area contributed by atoms with Crippen molar-refractivity contribution in [3.05, 3.63) is 28.3 Å². The van der Waals surface area contributed by atoms with E-state index in [2.05, 4.69) is 0 Å². The Morgan fingerprint density at radius 2 is 2.15 bits per heavy atom. The average Bonchev–Trinajstić information content (AvgIpc) is 2.13. The Balaban J connectivity index is 3.18. The number of hydrogen-bond acceptors (Lipinski definition) is 3. The molecule has 1 unspecified atom stereocenters. The molecule has 13 heavy (non-hydrogen) atoms. The van der Waals surface area contributed by atoms with Crippen molar-refractivity contribution in [1.82, 2.24) is 0 Å². The van der Waals surface area contributed by atoms with Gasteiger partial charge in [-0.15, -0.1) is 0 Å². The molecule has 0 saturated heterocycles. The molecule has 0 saturated carbocycles. The van der Waals surface area contributed by atoms with Crippen molar-refractivity contribution in [2.45, 2.75) is 13.0 Å². The molecule has 4 N–H and O–H groups in total. The lowest BCUT2D eigenvalue weighted by atomic mass is 10.1. The van der Waals surface area contributed by atoms with Gasteiger partial charge in [0.05, 0.1) is 11.1 Å². The van der Waals surface area contributed by atoms with Gasteiger partial charge < -0.3 is 15.9 Å². The zero-order chi connectivity index (χ0) is 10.0. The first kappa shape index (κ1) is 10.3. The molecule has 0 heterocycles. The highest BCUT2D eigenvalue weighted by Crippen LogP contribution is 2.33. The minimum atomic E-state index is -0.820. The topological polar surface area (TPSA) is 66.5 Å². The van der Waals surface area contributed by atoms with Crippen LogP contribution in [-0.2, 0) is 0 Å². The number of aliphatic hydroxyl groups excluding tert-OH is 1. The van der Waals surface area contributed by atoms with E-state index < -0.39 is 6.10 Å². The minimum Gasteiger partial charge on any atom is -0.506 e. The predicted molar refractivity (Wildman–Crippen MR) is 51.9 cm³/mol. The van der Waals surface area contributed by atoms with E-state index in [1.54, 1.807) is 19.1 Å². The van der Waals surface area contributed by atoms with Gasteiger partial charge in [0.25, 0.3) is 0 Å². The third kappa shape index (κ3) is 1.94.